The minimum Gasteiger partial charge on any atom is -0.368 e. The first-order valence-electron chi connectivity index (χ1n) is 7.56. The first-order chi connectivity index (χ1) is 11.5. The normalized spacial score (nSPS) is 11.8. The predicted molar refractivity (Wildman–Crippen MR) is 86.2 cm³/mol. The molecule has 0 spiro atoms. The number of nitrogens with two attached hydrogens (primary N) is 1. The van der Waals surface area contributed by atoms with Crippen LogP contribution in [0.4, 0.5) is 8.78 Å². The quantitative estimate of drug-likeness (QED) is 0.818. The van der Waals surface area contributed by atoms with Crippen molar-refractivity contribution in [2.45, 2.75) is 25.3 Å². The van der Waals surface area contributed by atoms with Gasteiger partial charge in [-0.15, -0.1) is 0 Å². The Morgan fingerprint density at radius 3 is 2.38 bits per heavy atom. The maximum atomic E-state index is 13.2. The van der Waals surface area contributed by atoms with Crippen molar-refractivity contribution in [1.29, 1.82) is 0 Å². The summed E-state index contributed by atoms with van der Waals surface area (Å²) in [5, 5.41) is 2.46. The van der Waals surface area contributed by atoms with Gasteiger partial charge in [0.25, 0.3) is 5.91 Å². The van der Waals surface area contributed by atoms with Crippen LogP contribution >= 0.6 is 0 Å². The maximum absolute atomic E-state index is 13.2. The zero-order valence-corrected chi connectivity index (χ0v) is 13.0. The summed E-state index contributed by atoms with van der Waals surface area (Å²) >= 11 is 0. The number of carbonyl (C=O) groups is 2. The Kier molecular flexibility index (Phi) is 6.01. The standard InChI is InChI=1S/C18H18F2N2O2/c19-14-10-9-13(11-15(14)20)18(24)22-16(17(21)23)8-4-7-12-5-2-1-3-6-12/h1-3,5-6,9-11,16H,4,7-8H2,(H2,21,23)(H,22,24)/t16-/m1/s1. The van der Waals surface area contributed by atoms with Gasteiger partial charge < -0.3 is 11.1 Å². The summed E-state index contributed by atoms with van der Waals surface area (Å²) in [6.45, 7) is 0. The van der Waals surface area contributed by atoms with E-state index in [0.717, 1.165) is 30.2 Å². The van der Waals surface area contributed by atoms with Gasteiger partial charge in [-0.1, -0.05) is 30.3 Å². The molecule has 0 saturated carbocycles. The van der Waals surface area contributed by atoms with Gasteiger partial charge in [0.15, 0.2) is 11.6 Å². The molecule has 0 unspecified atom stereocenters. The molecule has 2 rings (SSSR count). The zero-order valence-electron chi connectivity index (χ0n) is 13.0. The zero-order chi connectivity index (χ0) is 17.5. The third kappa shape index (κ3) is 4.87. The molecule has 0 bridgehead atoms. The largest absolute Gasteiger partial charge is 0.368 e. The number of nitrogens with one attached hydrogen (secondary N) is 1. The highest BCUT2D eigenvalue weighted by Gasteiger charge is 2.19. The fourth-order valence-corrected chi connectivity index (χ4v) is 2.32. The van der Waals surface area contributed by atoms with Crippen LogP contribution in [0.5, 0.6) is 0 Å². The highest BCUT2D eigenvalue weighted by atomic mass is 19.2. The molecule has 126 valence electrons. The van der Waals surface area contributed by atoms with Gasteiger partial charge in [-0.3, -0.25) is 9.59 Å². The molecule has 2 amide bonds. The number of carbonyl (C=O) groups excluding carboxylic acids is 2. The lowest BCUT2D eigenvalue weighted by Crippen LogP contribution is -2.44. The van der Waals surface area contributed by atoms with Crippen molar-refractivity contribution in [2.24, 2.45) is 5.73 Å². The SMILES string of the molecule is NC(=O)[C@@H](CCCc1ccccc1)NC(=O)c1ccc(F)c(F)c1. The summed E-state index contributed by atoms with van der Waals surface area (Å²) in [5.41, 5.74) is 6.36. The fourth-order valence-electron chi connectivity index (χ4n) is 2.32. The Balaban J connectivity index is 1.93. The van der Waals surface area contributed by atoms with Crippen LogP contribution in [-0.2, 0) is 11.2 Å². The number of hydrogen-bond donors (Lipinski definition) is 2. The third-order valence-electron chi connectivity index (χ3n) is 3.63. The predicted octanol–water partition coefficient (Wildman–Crippen LogP) is 2.57. The van der Waals surface area contributed by atoms with Crippen LogP contribution < -0.4 is 11.1 Å². The van der Waals surface area contributed by atoms with Crippen LogP contribution in [0.1, 0.15) is 28.8 Å². The second-order valence-corrected chi connectivity index (χ2v) is 5.44. The highest BCUT2D eigenvalue weighted by Crippen LogP contribution is 2.10. The second-order valence-electron chi connectivity index (χ2n) is 5.44. The minimum atomic E-state index is -1.12. The molecule has 0 radical (unpaired) electrons. The molecular formula is C18H18F2N2O2. The molecule has 6 heteroatoms. The van der Waals surface area contributed by atoms with Gasteiger partial charge >= 0.3 is 0 Å². The number of benzene rings is 2. The number of primary amides is 1. The molecule has 0 aliphatic heterocycles. The smallest absolute Gasteiger partial charge is 0.252 e. The van der Waals surface area contributed by atoms with Crippen LogP contribution in [0, 0.1) is 11.6 Å². The van der Waals surface area contributed by atoms with E-state index < -0.39 is 29.5 Å². The number of aryl methyl sites for hydroxylation is 1. The minimum absolute atomic E-state index is 0.0665. The van der Waals surface area contributed by atoms with E-state index in [9.17, 15) is 18.4 Å². The summed E-state index contributed by atoms with van der Waals surface area (Å²) in [6.07, 6.45) is 1.75. The van der Waals surface area contributed by atoms with E-state index in [-0.39, 0.29) is 5.56 Å². The van der Waals surface area contributed by atoms with Crippen molar-refractivity contribution < 1.29 is 18.4 Å². The molecular weight excluding hydrogens is 314 g/mol. The molecule has 0 aliphatic carbocycles. The molecule has 2 aromatic carbocycles. The number of amides is 2. The fraction of sp³-hybridized carbons (Fsp3) is 0.222. The van der Waals surface area contributed by atoms with E-state index in [1.165, 1.54) is 0 Å². The molecule has 0 aromatic heterocycles. The monoisotopic (exact) mass is 332 g/mol. The summed E-state index contributed by atoms with van der Waals surface area (Å²) < 4.78 is 26.1. The molecule has 0 heterocycles. The molecule has 1 atom stereocenters. The first-order valence-corrected chi connectivity index (χ1v) is 7.56. The number of hydrogen-bond acceptors (Lipinski definition) is 2. The summed E-state index contributed by atoms with van der Waals surface area (Å²) in [6, 6.07) is 11.6. The van der Waals surface area contributed by atoms with Crippen molar-refractivity contribution in [3.8, 4) is 0 Å². The highest BCUT2D eigenvalue weighted by molar-refractivity contribution is 5.97. The van der Waals surface area contributed by atoms with E-state index in [2.05, 4.69) is 5.32 Å². The number of rotatable bonds is 7. The van der Waals surface area contributed by atoms with E-state index in [1.807, 2.05) is 30.3 Å². The molecule has 0 saturated heterocycles. The van der Waals surface area contributed by atoms with Crippen molar-refractivity contribution in [3.63, 3.8) is 0 Å². The Hall–Kier alpha value is -2.76. The molecule has 4 nitrogen and oxygen atoms in total. The Morgan fingerprint density at radius 2 is 1.75 bits per heavy atom. The van der Waals surface area contributed by atoms with Gasteiger partial charge in [-0.05, 0) is 43.0 Å². The third-order valence-corrected chi connectivity index (χ3v) is 3.63. The van der Waals surface area contributed by atoms with Crippen LogP contribution in [0.15, 0.2) is 48.5 Å². The lowest BCUT2D eigenvalue weighted by Gasteiger charge is -2.15. The lowest BCUT2D eigenvalue weighted by atomic mass is 10.0. The molecule has 0 fully saturated rings. The van der Waals surface area contributed by atoms with Crippen LogP contribution in [-0.4, -0.2) is 17.9 Å². The van der Waals surface area contributed by atoms with Crippen molar-refractivity contribution in [1.82, 2.24) is 5.32 Å². The molecule has 0 aliphatic rings. The van der Waals surface area contributed by atoms with Crippen molar-refractivity contribution in [3.05, 3.63) is 71.3 Å². The summed E-state index contributed by atoms with van der Waals surface area (Å²) in [7, 11) is 0. The summed E-state index contributed by atoms with van der Waals surface area (Å²) in [5.74, 6) is -3.50. The van der Waals surface area contributed by atoms with E-state index >= 15 is 0 Å². The van der Waals surface area contributed by atoms with E-state index in [4.69, 9.17) is 5.73 Å². The van der Waals surface area contributed by atoms with Gasteiger partial charge in [0.2, 0.25) is 5.91 Å². The van der Waals surface area contributed by atoms with Gasteiger partial charge in [0.05, 0.1) is 0 Å². The average Bonchev–Trinajstić information content (AvgIpc) is 2.57. The summed E-state index contributed by atoms with van der Waals surface area (Å²) in [4.78, 5) is 23.6. The molecule has 2 aromatic rings. The van der Waals surface area contributed by atoms with Crippen LogP contribution in [0.2, 0.25) is 0 Å². The van der Waals surface area contributed by atoms with Gasteiger partial charge in [-0.2, -0.15) is 0 Å². The lowest BCUT2D eigenvalue weighted by molar-refractivity contribution is -0.120. The van der Waals surface area contributed by atoms with Crippen molar-refractivity contribution in [2.75, 3.05) is 0 Å². The van der Waals surface area contributed by atoms with Gasteiger partial charge in [0.1, 0.15) is 6.04 Å². The van der Waals surface area contributed by atoms with E-state index in [0.29, 0.717) is 12.8 Å². The van der Waals surface area contributed by atoms with Gasteiger partial charge in [-0.25, -0.2) is 8.78 Å². The Labute approximate surface area is 138 Å². The van der Waals surface area contributed by atoms with Crippen molar-refractivity contribution >= 4 is 11.8 Å². The topological polar surface area (TPSA) is 72.2 Å². The van der Waals surface area contributed by atoms with Crippen LogP contribution in [0.25, 0.3) is 0 Å². The average molecular weight is 332 g/mol. The number of halogens is 2. The maximum Gasteiger partial charge on any atom is 0.252 e. The van der Waals surface area contributed by atoms with Crippen LogP contribution in [0.3, 0.4) is 0 Å². The molecule has 3 N–H and O–H groups in total. The Bertz CT molecular complexity index is 720. The van der Waals surface area contributed by atoms with Gasteiger partial charge in [0, 0.05) is 5.56 Å². The molecule has 24 heavy (non-hydrogen) atoms. The Morgan fingerprint density at radius 1 is 1.04 bits per heavy atom. The van der Waals surface area contributed by atoms with E-state index in [1.54, 1.807) is 0 Å². The first kappa shape index (κ1) is 17.6. The second kappa shape index (κ2) is 8.19.